The van der Waals surface area contributed by atoms with Gasteiger partial charge in [-0.2, -0.15) is 0 Å². The summed E-state index contributed by atoms with van der Waals surface area (Å²) in [6.45, 7) is 0. The van der Waals surface area contributed by atoms with Gasteiger partial charge >= 0.3 is 5.97 Å². The molecule has 1 aromatic heterocycles. The molecule has 1 aromatic carbocycles. The molecule has 106 valence electrons. The predicted octanol–water partition coefficient (Wildman–Crippen LogP) is 4.15. The number of carboxylic acids is 1. The standard InChI is InChI=1S/C17H14FNO2/c18-14-8-4-3-7-12(14)13-9-10-19-16(15(13)17(20)21)11-5-1-2-6-11/h3-5,7-10H,1-2,6H2,(H,20,21). The van der Waals surface area contributed by atoms with Gasteiger partial charge in [-0.3, -0.25) is 4.98 Å². The van der Waals surface area contributed by atoms with E-state index in [0.29, 0.717) is 11.3 Å². The zero-order valence-electron chi connectivity index (χ0n) is 11.3. The van der Waals surface area contributed by atoms with E-state index in [-0.39, 0.29) is 11.1 Å². The van der Waals surface area contributed by atoms with Crippen molar-refractivity contribution in [2.24, 2.45) is 0 Å². The molecule has 1 N–H and O–H groups in total. The molecule has 1 aliphatic carbocycles. The van der Waals surface area contributed by atoms with Gasteiger partial charge in [0.15, 0.2) is 0 Å². The fourth-order valence-corrected chi connectivity index (χ4v) is 2.71. The third-order valence-electron chi connectivity index (χ3n) is 3.67. The van der Waals surface area contributed by atoms with Gasteiger partial charge < -0.3 is 5.11 Å². The second-order valence-electron chi connectivity index (χ2n) is 4.99. The molecule has 1 aliphatic rings. The lowest BCUT2D eigenvalue weighted by Crippen LogP contribution is -2.07. The number of aromatic carboxylic acids is 1. The maximum Gasteiger partial charge on any atom is 0.338 e. The number of allylic oxidation sites excluding steroid dienone is 2. The molecule has 0 spiro atoms. The normalized spacial score (nSPS) is 14.0. The smallest absolute Gasteiger partial charge is 0.338 e. The molecule has 3 nitrogen and oxygen atoms in total. The van der Waals surface area contributed by atoms with E-state index in [2.05, 4.69) is 4.98 Å². The summed E-state index contributed by atoms with van der Waals surface area (Å²) in [5, 5.41) is 9.57. The Morgan fingerprint density at radius 3 is 2.67 bits per heavy atom. The Morgan fingerprint density at radius 2 is 2.00 bits per heavy atom. The van der Waals surface area contributed by atoms with Crippen molar-refractivity contribution in [2.45, 2.75) is 19.3 Å². The van der Waals surface area contributed by atoms with Gasteiger partial charge in [0.2, 0.25) is 0 Å². The summed E-state index contributed by atoms with van der Waals surface area (Å²) in [6, 6.07) is 7.75. The number of nitrogens with zero attached hydrogens (tertiary/aromatic N) is 1. The van der Waals surface area contributed by atoms with Gasteiger partial charge in [0.05, 0.1) is 11.3 Å². The Hall–Kier alpha value is -2.49. The van der Waals surface area contributed by atoms with E-state index in [1.807, 2.05) is 6.08 Å². The van der Waals surface area contributed by atoms with Crippen LogP contribution in [0.25, 0.3) is 16.7 Å². The van der Waals surface area contributed by atoms with E-state index < -0.39 is 11.8 Å². The molecule has 0 bridgehead atoms. The van der Waals surface area contributed by atoms with Gasteiger partial charge in [-0.15, -0.1) is 0 Å². The van der Waals surface area contributed by atoms with E-state index in [9.17, 15) is 14.3 Å². The number of rotatable bonds is 3. The molecule has 0 aliphatic heterocycles. The predicted molar refractivity (Wildman–Crippen MR) is 78.4 cm³/mol. The summed E-state index contributed by atoms with van der Waals surface area (Å²) in [6.07, 6.45) is 6.30. The summed E-state index contributed by atoms with van der Waals surface area (Å²) >= 11 is 0. The Morgan fingerprint density at radius 1 is 1.19 bits per heavy atom. The van der Waals surface area contributed by atoms with Crippen molar-refractivity contribution >= 4 is 11.5 Å². The first-order valence-corrected chi connectivity index (χ1v) is 6.85. The number of aromatic nitrogens is 1. The van der Waals surface area contributed by atoms with E-state index >= 15 is 0 Å². The molecule has 0 atom stereocenters. The van der Waals surface area contributed by atoms with Crippen LogP contribution in [0.5, 0.6) is 0 Å². The second-order valence-corrected chi connectivity index (χ2v) is 4.99. The fraction of sp³-hybridized carbons (Fsp3) is 0.176. The zero-order valence-corrected chi connectivity index (χ0v) is 11.3. The highest BCUT2D eigenvalue weighted by Crippen LogP contribution is 2.34. The van der Waals surface area contributed by atoms with E-state index in [4.69, 9.17) is 0 Å². The van der Waals surface area contributed by atoms with Crippen LogP contribution in [0.15, 0.2) is 42.6 Å². The molecular weight excluding hydrogens is 269 g/mol. The highest BCUT2D eigenvalue weighted by molar-refractivity contribution is 6.00. The Balaban J connectivity index is 2.24. The largest absolute Gasteiger partial charge is 0.478 e. The molecule has 2 aromatic rings. The molecule has 4 heteroatoms. The van der Waals surface area contributed by atoms with Gasteiger partial charge in [-0.05, 0) is 37.0 Å². The lowest BCUT2D eigenvalue weighted by Gasteiger charge is -2.12. The van der Waals surface area contributed by atoms with Crippen LogP contribution in [0.2, 0.25) is 0 Å². The highest BCUT2D eigenvalue weighted by atomic mass is 19.1. The first-order chi connectivity index (χ1) is 10.2. The molecule has 0 saturated carbocycles. The Labute approximate surface area is 121 Å². The second kappa shape index (κ2) is 5.48. The molecule has 0 amide bonds. The van der Waals surface area contributed by atoms with E-state index in [0.717, 1.165) is 24.8 Å². The van der Waals surface area contributed by atoms with Crippen LogP contribution in [0.3, 0.4) is 0 Å². The summed E-state index contributed by atoms with van der Waals surface area (Å²) in [5.41, 5.74) is 2.14. The van der Waals surface area contributed by atoms with Crippen LogP contribution in [0, 0.1) is 5.82 Å². The number of halogens is 1. The van der Waals surface area contributed by atoms with Crippen molar-refractivity contribution in [1.29, 1.82) is 0 Å². The minimum atomic E-state index is -1.08. The molecule has 3 rings (SSSR count). The number of carboxylic acid groups (broad SMARTS) is 1. The lowest BCUT2D eigenvalue weighted by molar-refractivity contribution is 0.0697. The van der Waals surface area contributed by atoms with Gasteiger partial charge in [-0.1, -0.05) is 24.3 Å². The van der Waals surface area contributed by atoms with Gasteiger partial charge in [0.25, 0.3) is 0 Å². The third kappa shape index (κ3) is 2.44. The van der Waals surface area contributed by atoms with Crippen LogP contribution < -0.4 is 0 Å². The van der Waals surface area contributed by atoms with Crippen LogP contribution in [0.1, 0.15) is 35.3 Å². The Kier molecular flexibility index (Phi) is 3.52. The van der Waals surface area contributed by atoms with Crippen molar-refractivity contribution in [2.75, 3.05) is 0 Å². The molecule has 21 heavy (non-hydrogen) atoms. The molecule has 0 saturated heterocycles. The van der Waals surface area contributed by atoms with Crippen LogP contribution in [-0.2, 0) is 0 Å². The van der Waals surface area contributed by atoms with Gasteiger partial charge in [0, 0.05) is 17.3 Å². The van der Waals surface area contributed by atoms with Crippen LogP contribution in [0.4, 0.5) is 4.39 Å². The minimum Gasteiger partial charge on any atom is -0.478 e. The van der Waals surface area contributed by atoms with Crippen molar-refractivity contribution in [3.05, 3.63) is 59.7 Å². The van der Waals surface area contributed by atoms with Gasteiger partial charge in [-0.25, -0.2) is 9.18 Å². The average molecular weight is 283 g/mol. The molecule has 0 radical (unpaired) electrons. The molecule has 1 heterocycles. The van der Waals surface area contributed by atoms with Crippen LogP contribution >= 0.6 is 0 Å². The number of hydrogen-bond donors (Lipinski definition) is 1. The highest BCUT2D eigenvalue weighted by Gasteiger charge is 2.22. The summed E-state index contributed by atoms with van der Waals surface area (Å²) in [5.74, 6) is -1.51. The third-order valence-corrected chi connectivity index (χ3v) is 3.67. The van der Waals surface area contributed by atoms with E-state index in [1.165, 1.54) is 6.07 Å². The average Bonchev–Trinajstić information content (AvgIpc) is 3.01. The number of carbonyl (C=O) groups is 1. The molecule has 0 unspecified atom stereocenters. The van der Waals surface area contributed by atoms with E-state index in [1.54, 1.807) is 30.5 Å². The fourth-order valence-electron chi connectivity index (χ4n) is 2.71. The number of benzene rings is 1. The monoisotopic (exact) mass is 283 g/mol. The number of hydrogen-bond acceptors (Lipinski definition) is 2. The SMILES string of the molecule is O=C(O)c1c(-c2ccccc2F)ccnc1C1=CCCC1. The number of pyridine rings is 1. The van der Waals surface area contributed by atoms with Crippen molar-refractivity contribution in [1.82, 2.24) is 4.98 Å². The lowest BCUT2D eigenvalue weighted by atomic mass is 9.95. The van der Waals surface area contributed by atoms with Crippen molar-refractivity contribution in [3.8, 4) is 11.1 Å². The molecule has 0 fully saturated rings. The molecular formula is C17H14FNO2. The zero-order chi connectivity index (χ0) is 14.8. The first kappa shape index (κ1) is 13.5. The maximum atomic E-state index is 14.0. The van der Waals surface area contributed by atoms with Crippen molar-refractivity contribution < 1.29 is 14.3 Å². The Bertz CT molecular complexity index is 737. The topological polar surface area (TPSA) is 50.2 Å². The quantitative estimate of drug-likeness (QED) is 0.920. The summed E-state index contributed by atoms with van der Waals surface area (Å²) in [7, 11) is 0. The summed E-state index contributed by atoms with van der Waals surface area (Å²) < 4.78 is 14.0. The minimum absolute atomic E-state index is 0.0794. The summed E-state index contributed by atoms with van der Waals surface area (Å²) in [4.78, 5) is 15.9. The van der Waals surface area contributed by atoms with Crippen LogP contribution in [-0.4, -0.2) is 16.1 Å². The van der Waals surface area contributed by atoms with Gasteiger partial charge in [0.1, 0.15) is 5.82 Å². The maximum absolute atomic E-state index is 14.0. The first-order valence-electron chi connectivity index (χ1n) is 6.85. The van der Waals surface area contributed by atoms with Crippen molar-refractivity contribution in [3.63, 3.8) is 0 Å².